The Bertz CT molecular complexity index is 1100. The fourth-order valence-electron chi connectivity index (χ4n) is 2.95. The van der Waals surface area contributed by atoms with Crippen LogP contribution in [0.15, 0.2) is 52.1 Å². The highest BCUT2D eigenvalue weighted by Gasteiger charge is 2.17. The summed E-state index contributed by atoms with van der Waals surface area (Å²) >= 11 is 4.72. The van der Waals surface area contributed by atoms with Crippen molar-refractivity contribution in [2.45, 2.75) is 18.5 Å². The van der Waals surface area contributed by atoms with Crippen LogP contribution < -0.4 is 14.8 Å². The Morgan fingerprint density at radius 1 is 1.09 bits per heavy atom. The number of carbonyl (C=O) groups excluding carboxylic acids is 2. The van der Waals surface area contributed by atoms with Gasteiger partial charge in [-0.15, -0.1) is 10.2 Å². The molecule has 2 aromatic carbocycles. The van der Waals surface area contributed by atoms with E-state index in [4.69, 9.17) is 9.47 Å². The Hall–Kier alpha value is -2.85. The normalized spacial score (nSPS) is 10.6. The summed E-state index contributed by atoms with van der Waals surface area (Å²) in [6, 6.07) is 12.7. The molecule has 1 amide bonds. The molecule has 0 fully saturated rings. The van der Waals surface area contributed by atoms with Gasteiger partial charge in [0.1, 0.15) is 17.3 Å². The van der Waals surface area contributed by atoms with Gasteiger partial charge in [0, 0.05) is 31.1 Å². The summed E-state index contributed by atoms with van der Waals surface area (Å²) in [5.41, 5.74) is 1.42. The van der Waals surface area contributed by atoms with E-state index in [1.54, 1.807) is 32.4 Å². The first kappa shape index (κ1) is 23.8. The number of amides is 1. The quantitative estimate of drug-likeness (QED) is 0.323. The van der Waals surface area contributed by atoms with Crippen LogP contribution in [0.2, 0.25) is 0 Å². The molecule has 1 heterocycles. The molecular formula is C22H23BrN4O4S. The number of hydrogen-bond acceptors (Lipinski definition) is 7. The van der Waals surface area contributed by atoms with Crippen LogP contribution in [0, 0.1) is 0 Å². The van der Waals surface area contributed by atoms with Gasteiger partial charge in [0.2, 0.25) is 5.91 Å². The molecule has 168 valence electrons. The van der Waals surface area contributed by atoms with Crippen molar-refractivity contribution in [3.05, 3.63) is 58.3 Å². The minimum Gasteiger partial charge on any atom is -0.497 e. The van der Waals surface area contributed by atoms with Crippen LogP contribution >= 0.6 is 27.7 Å². The van der Waals surface area contributed by atoms with Gasteiger partial charge in [0.05, 0.1) is 24.4 Å². The van der Waals surface area contributed by atoms with E-state index in [-0.39, 0.29) is 17.4 Å². The third kappa shape index (κ3) is 5.89. The number of halogens is 1. The van der Waals surface area contributed by atoms with Crippen LogP contribution in [0.1, 0.15) is 23.1 Å². The zero-order chi connectivity index (χ0) is 23.1. The molecule has 0 unspecified atom stereocenters. The molecule has 3 rings (SSSR count). The average molecular weight is 519 g/mol. The van der Waals surface area contributed by atoms with Crippen molar-refractivity contribution in [1.29, 1.82) is 0 Å². The van der Waals surface area contributed by atoms with E-state index >= 15 is 0 Å². The summed E-state index contributed by atoms with van der Waals surface area (Å²) in [5.74, 6) is 2.13. The van der Waals surface area contributed by atoms with Gasteiger partial charge >= 0.3 is 0 Å². The molecule has 10 heteroatoms. The summed E-state index contributed by atoms with van der Waals surface area (Å²) in [4.78, 5) is 24.0. The summed E-state index contributed by atoms with van der Waals surface area (Å²) in [5, 5.41) is 12.0. The Labute approximate surface area is 198 Å². The predicted molar refractivity (Wildman–Crippen MR) is 126 cm³/mol. The predicted octanol–water partition coefficient (Wildman–Crippen LogP) is 3.70. The number of nitrogens with zero attached hydrogens (tertiary/aromatic N) is 3. The van der Waals surface area contributed by atoms with Crippen molar-refractivity contribution in [2.75, 3.05) is 26.5 Å². The first-order chi connectivity index (χ1) is 15.4. The zero-order valence-corrected chi connectivity index (χ0v) is 20.3. The highest BCUT2D eigenvalue weighted by atomic mass is 79.9. The van der Waals surface area contributed by atoms with Gasteiger partial charge in [-0.3, -0.25) is 14.2 Å². The molecule has 0 saturated heterocycles. The maximum absolute atomic E-state index is 12.8. The molecule has 0 atom stereocenters. The van der Waals surface area contributed by atoms with E-state index < -0.39 is 0 Å². The smallest absolute Gasteiger partial charge is 0.216 e. The number of nitrogens with one attached hydrogen (secondary N) is 1. The zero-order valence-electron chi connectivity index (χ0n) is 17.9. The van der Waals surface area contributed by atoms with Gasteiger partial charge in [-0.2, -0.15) is 0 Å². The number of aromatic nitrogens is 3. The third-order valence-corrected chi connectivity index (χ3v) is 6.11. The molecule has 0 bridgehead atoms. The molecule has 8 nitrogen and oxygen atoms in total. The largest absolute Gasteiger partial charge is 0.497 e. The Balaban J connectivity index is 1.81. The van der Waals surface area contributed by atoms with Gasteiger partial charge in [-0.1, -0.05) is 11.8 Å². The lowest BCUT2D eigenvalue weighted by molar-refractivity contribution is -0.118. The summed E-state index contributed by atoms with van der Waals surface area (Å²) in [6.07, 6.45) is 0.499. The first-order valence-corrected chi connectivity index (χ1v) is 11.5. The maximum atomic E-state index is 12.8. The van der Waals surface area contributed by atoms with Crippen LogP contribution in [0.5, 0.6) is 11.5 Å². The number of thioether (sulfide) groups is 1. The van der Waals surface area contributed by atoms with Crippen LogP contribution in [0.4, 0.5) is 0 Å². The second-order valence-electron chi connectivity index (χ2n) is 6.73. The molecular weight excluding hydrogens is 496 g/mol. The Morgan fingerprint density at radius 2 is 1.84 bits per heavy atom. The Kier molecular flexibility index (Phi) is 8.29. The molecule has 0 radical (unpaired) electrons. The number of ketones is 1. The minimum absolute atomic E-state index is 0.0394. The number of hydrogen-bond donors (Lipinski definition) is 1. The van der Waals surface area contributed by atoms with E-state index in [1.165, 1.54) is 18.7 Å². The second-order valence-corrected chi connectivity index (χ2v) is 8.52. The van der Waals surface area contributed by atoms with Gasteiger partial charge in [-0.05, 0) is 58.4 Å². The molecule has 32 heavy (non-hydrogen) atoms. The van der Waals surface area contributed by atoms with Crippen molar-refractivity contribution in [3.63, 3.8) is 0 Å². The molecule has 1 aromatic heterocycles. The fourth-order valence-corrected chi connectivity index (χ4v) is 4.36. The molecule has 0 saturated carbocycles. The molecule has 1 N–H and O–H groups in total. The summed E-state index contributed by atoms with van der Waals surface area (Å²) < 4.78 is 13.1. The lowest BCUT2D eigenvalue weighted by Crippen LogP contribution is -2.23. The third-order valence-electron chi connectivity index (χ3n) is 4.56. The number of carbonyl (C=O) groups is 2. The number of rotatable bonds is 10. The van der Waals surface area contributed by atoms with Crippen molar-refractivity contribution in [1.82, 2.24) is 20.1 Å². The van der Waals surface area contributed by atoms with Crippen LogP contribution in [0.3, 0.4) is 0 Å². The number of methoxy groups -OCH3 is 2. The van der Waals surface area contributed by atoms with E-state index in [2.05, 4.69) is 31.4 Å². The molecule has 3 aromatic rings. The monoisotopic (exact) mass is 518 g/mol. The number of Topliss-reactive ketones (excluding diaryl/α,β-unsaturated/α-hetero) is 1. The maximum Gasteiger partial charge on any atom is 0.216 e. The van der Waals surface area contributed by atoms with Crippen LogP contribution in [-0.4, -0.2) is 53.0 Å². The molecule has 0 spiro atoms. The lowest BCUT2D eigenvalue weighted by Gasteiger charge is -2.11. The lowest BCUT2D eigenvalue weighted by atomic mass is 10.1. The minimum atomic E-state index is -0.105. The number of benzene rings is 2. The van der Waals surface area contributed by atoms with Gasteiger partial charge in [0.25, 0.3) is 0 Å². The van der Waals surface area contributed by atoms with E-state index in [0.29, 0.717) is 35.3 Å². The van der Waals surface area contributed by atoms with Gasteiger partial charge in [0.15, 0.2) is 10.9 Å². The Morgan fingerprint density at radius 3 is 2.47 bits per heavy atom. The van der Waals surface area contributed by atoms with Gasteiger partial charge < -0.3 is 14.8 Å². The highest BCUT2D eigenvalue weighted by molar-refractivity contribution is 9.10. The molecule has 0 aliphatic carbocycles. The topological polar surface area (TPSA) is 95.3 Å². The fraction of sp³-hybridized carbons (Fsp3) is 0.273. The van der Waals surface area contributed by atoms with Crippen molar-refractivity contribution in [2.24, 2.45) is 0 Å². The van der Waals surface area contributed by atoms with Crippen LogP contribution in [0.25, 0.3) is 5.69 Å². The molecule has 0 aliphatic rings. The SMILES string of the molecule is COc1ccc(-n2c(CCNC(C)=O)nnc2SCC(=O)c2ccc(OC)c(Br)c2)cc1. The van der Waals surface area contributed by atoms with E-state index in [1.807, 2.05) is 28.8 Å². The van der Waals surface area contributed by atoms with Crippen LogP contribution in [-0.2, 0) is 11.2 Å². The van der Waals surface area contributed by atoms with Gasteiger partial charge in [-0.25, -0.2) is 0 Å². The summed E-state index contributed by atoms with van der Waals surface area (Å²) in [7, 11) is 3.18. The number of ether oxygens (including phenoxy) is 2. The average Bonchev–Trinajstić information content (AvgIpc) is 3.19. The van der Waals surface area contributed by atoms with E-state index in [9.17, 15) is 9.59 Å². The second kappa shape index (κ2) is 11.1. The molecule has 0 aliphatic heterocycles. The standard InChI is InChI=1S/C22H23BrN4O4S/c1-14(28)24-11-10-21-25-26-22(27(21)16-5-7-17(30-2)8-6-16)32-13-19(29)15-4-9-20(31-3)18(23)12-15/h4-9,12H,10-11,13H2,1-3H3,(H,24,28). The first-order valence-electron chi connectivity index (χ1n) is 9.75. The van der Waals surface area contributed by atoms with Crippen molar-refractivity contribution >= 4 is 39.4 Å². The highest BCUT2D eigenvalue weighted by Crippen LogP contribution is 2.28. The van der Waals surface area contributed by atoms with Crippen molar-refractivity contribution < 1.29 is 19.1 Å². The van der Waals surface area contributed by atoms with Crippen molar-refractivity contribution in [3.8, 4) is 17.2 Å². The summed E-state index contributed by atoms with van der Waals surface area (Å²) in [6.45, 7) is 1.91. The van der Waals surface area contributed by atoms with E-state index in [0.717, 1.165) is 15.9 Å².